The van der Waals surface area contributed by atoms with Gasteiger partial charge in [-0.2, -0.15) is 5.10 Å². The standard InChI is InChI=1S/C16H19N3O2S/c20-13-4-6-14(7-5-13)22-11-16(21)19-8-2-1-3-15(19)12-9-17-18-10-12/h4-7,9-10,15,20H,1-3,8,11H2,(H,17,18). The van der Waals surface area contributed by atoms with Crippen molar-refractivity contribution in [3.05, 3.63) is 42.2 Å². The van der Waals surface area contributed by atoms with E-state index in [4.69, 9.17) is 0 Å². The SMILES string of the molecule is O=C(CSc1ccc(O)cc1)N1CCCCC1c1cn[nH]c1. The van der Waals surface area contributed by atoms with Crippen LogP contribution in [0.3, 0.4) is 0 Å². The van der Waals surface area contributed by atoms with Gasteiger partial charge in [0.25, 0.3) is 0 Å². The van der Waals surface area contributed by atoms with Crippen LogP contribution in [0.2, 0.25) is 0 Å². The molecule has 2 N–H and O–H groups in total. The summed E-state index contributed by atoms with van der Waals surface area (Å²) >= 11 is 1.50. The predicted octanol–water partition coefficient (Wildman–Crippen LogP) is 2.96. The van der Waals surface area contributed by atoms with E-state index in [-0.39, 0.29) is 17.7 Å². The maximum Gasteiger partial charge on any atom is 0.233 e. The van der Waals surface area contributed by atoms with Crippen molar-refractivity contribution in [2.24, 2.45) is 0 Å². The minimum Gasteiger partial charge on any atom is -0.508 e. The molecule has 5 nitrogen and oxygen atoms in total. The van der Waals surface area contributed by atoms with Gasteiger partial charge in [0.1, 0.15) is 5.75 Å². The Bertz CT molecular complexity index is 613. The lowest BCUT2D eigenvalue weighted by molar-refractivity contribution is -0.132. The Balaban J connectivity index is 1.63. The number of phenolic OH excluding ortho intramolecular Hbond substituents is 1. The van der Waals surface area contributed by atoms with Gasteiger partial charge in [0.15, 0.2) is 0 Å². The zero-order chi connectivity index (χ0) is 15.4. The third-order valence-electron chi connectivity index (χ3n) is 3.93. The lowest BCUT2D eigenvalue weighted by Gasteiger charge is -2.35. The number of H-pyrrole nitrogens is 1. The number of benzene rings is 1. The average molecular weight is 317 g/mol. The Morgan fingerprint density at radius 1 is 1.36 bits per heavy atom. The average Bonchev–Trinajstić information content (AvgIpc) is 3.08. The minimum atomic E-state index is 0.139. The highest BCUT2D eigenvalue weighted by molar-refractivity contribution is 8.00. The summed E-state index contributed by atoms with van der Waals surface area (Å²) in [6, 6.07) is 7.08. The summed E-state index contributed by atoms with van der Waals surface area (Å²) in [6.07, 6.45) is 6.89. The number of hydrogen-bond donors (Lipinski definition) is 2. The third-order valence-corrected chi connectivity index (χ3v) is 4.92. The lowest BCUT2D eigenvalue weighted by atomic mass is 9.97. The summed E-state index contributed by atoms with van der Waals surface area (Å²) in [5, 5.41) is 16.1. The van der Waals surface area contributed by atoms with Gasteiger partial charge in [0.2, 0.25) is 5.91 Å². The van der Waals surface area contributed by atoms with Crippen LogP contribution in [-0.2, 0) is 4.79 Å². The van der Waals surface area contributed by atoms with Crippen molar-refractivity contribution in [3.63, 3.8) is 0 Å². The second-order valence-corrected chi connectivity index (χ2v) is 6.46. The molecule has 1 amide bonds. The second-order valence-electron chi connectivity index (χ2n) is 5.41. The van der Waals surface area contributed by atoms with Gasteiger partial charge in [-0.05, 0) is 43.5 Å². The fourth-order valence-electron chi connectivity index (χ4n) is 2.79. The number of rotatable bonds is 4. The van der Waals surface area contributed by atoms with Crippen molar-refractivity contribution in [2.75, 3.05) is 12.3 Å². The number of likely N-dealkylation sites (tertiary alicyclic amines) is 1. The third kappa shape index (κ3) is 3.44. The minimum absolute atomic E-state index is 0.139. The number of carbonyl (C=O) groups excluding carboxylic acids is 1. The Labute approximate surface area is 133 Å². The van der Waals surface area contributed by atoms with E-state index in [1.165, 1.54) is 11.8 Å². The molecule has 1 unspecified atom stereocenters. The summed E-state index contributed by atoms with van der Waals surface area (Å²) in [6.45, 7) is 0.810. The van der Waals surface area contributed by atoms with Gasteiger partial charge >= 0.3 is 0 Å². The monoisotopic (exact) mass is 317 g/mol. The first-order valence-corrected chi connectivity index (χ1v) is 8.42. The molecule has 116 valence electrons. The highest BCUT2D eigenvalue weighted by Crippen LogP contribution is 2.31. The molecule has 1 aliphatic rings. The first kappa shape index (κ1) is 15.0. The quantitative estimate of drug-likeness (QED) is 0.851. The van der Waals surface area contributed by atoms with Crippen LogP contribution in [0.5, 0.6) is 5.75 Å². The molecule has 2 heterocycles. The molecule has 0 bridgehead atoms. The first-order chi connectivity index (χ1) is 10.7. The number of aromatic hydroxyl groups is 1. The molecule has 22 heavy (non-hydrogen) atoms. The maximum atomic E-state index is 12.6. The van der Waals surface area contributed by atoms with Gasteiger partial charge in [-0.25, -0.2) is 0 Å². The van der Waals surface area contributed by atoms with Gasteiger partial charge in [-0.3, -0.25) is 9.89 Å². The molecule has 1 aliphatic heterocycles. The van der Waals surface area contributed by atoms with E-state index in [0.717, 1.165) is 36.3 Å². The van der Waals surface area contributed by atoms with E-state index in [9.17, 15) is 9.90 Å². The molecular weight excluding hydrogens is 298 g/mol. The fourth-order valence-corrected chi connectivity index (χ4v) is 3.57. The van der Waals surface area contributed by atoms with Gasteiger partial charge in [0.05, 0.1) is 18.0 Å². The second kappa shape index (κ2) is 6.87. The molecule has 0 radical (unpaired) electrons. The van der Waals surface area contributed by atoms with Crippen molar-refractivity contribution in [2.45, 2.75) is 30.2 Å². The number of amides is 1. The Hall–Kier alpha value is -1.95. The van der Waals surface area contributed by atoms with Crippen molar-refractivity contribution in [3.8, 4) is 5.75 Å². The maximum absolute atomic E-state index is 12.6. The number of aromatic nitrogens is 2. The lowest BCUT2D eigenvalue weighted by Crippen LogP contribution is -2.39. The first-order valence-electron chi connectivity index (χ1n) is 7.44. The molecule has 0 saturated carbocycles. The summed E-state index contributed by atoms with van der Waals surface area (Å²) in [5.41, 5.74) is 1.09. The molecule has 1 aromatic carbocycles. The smallest absolute Gasteiger partial charge is 0.233 e. The molecule has 0 aliphatic carbocycles. The van der Waals surface area contributed by atoms with Crippen LogP contribution in [0.1, 0.15) is 30.9 Å². The van der Waals surface area contributed by atoms with Crippen LogP contribution in [-0.4, -0.2) is 38.4 Å². The highest BCUT2D eigenvalue weighted by Gasteiger charge is 2.28. The molecule has 3 rings (SSSR count). The van der Waals surface area contributed by atoms with Crippen LogP contribution in [0.4, 0.5) is 0 Å². The van der Waals surface area contributed by atoms with Crippen molar-refractivity contribution < 1.29 is 9.90 Å². The van der Waals surface area contributed by atoms with Gasteiger partial charge in [0, 0.05) is 23.2 Å². The van der Waals surface area contributed by atoms with Crippen molar-refractivity contribution in [1.82, 2.24) is 15.1 Å². The van der Waals surface area contributed by atoms with Crippen LogP contribution < -0.4 is 0 Å². The number of hydrogen-bond acceptors (Lipinski definition) is 4. The number of aromatic amines is 1. The number of phenols is 1. The number of carbonyl (C=O) groups is 1. The summed E-state index contributed by atoms with van der Waals surface area (Å²) in [4.78, 5) is 15.5. The van der Waals surface area contributed by atoms with Crippen molar-refractivity contribution in [1.29, 1.82) is 0 Å². The Kier molecular flexibility index (Phi) is 4.68. The van der Waals surface area contributed by atoms with Gasteiger partial charge in [-0.15, -0.1) is 11.8 Å². The van der Waals surface area contributed by atoms with E-state index >= 15 is 0 Å². The zero-order valence-corrected chi connectivity index (χ0v) is 13.1. The summed E-state index contributed by atoms with van der Waals surface area (Å²) in [5.74, 6) is 0.815. The zero-order valence-electron chi connectivity index (χ0n) is 12.2. The van der Waals surface area contributed by atoms with Crippen LogP contribution in [0.15, 0.2) is 41.6 Å². The van der Waals surface area contributed by atoms with E-state index in [1.54, 1.807) is 12.1 Å². The molecule has 1 saturated heterocycles. The Morgan fingerprint density at radius 3 is 2.91 bits per heavy atom. The van der Waals surface area contributed by atoms with Crippen LogP contribution in [0, 0.1) is 0 Å². The number of thioether (sulfide) groups is 1. The number of nitrogens with one attached hydrogen (secondary N) is 1. The van der Waals surface area contributed by atoms with Crippen molar-refractivity contribution >= 4 is 17.7 Å². The summed E-state index contributed by atoms with van der Waals surface area (Å²) in [7, 11) is 0. The predicted molar refractivity (Wildman–Crippen MR) is 85.7 cm³/mol. The Morgan fingerprint density at radius 2 is 2.18 bits per heavy atom. The number of piperidine rings is 1. The fraction of sp³-hybridized carbons (Fsp3) is 0.375. The molecule has 1 fully saturated rings. The molecule has 2 aromatic rings. The van der Waals surface area contributed by atoms with Gasteiger partial charge < -0.3 is 10.0 Å². The molecule has 1 atom stereocenters. The molecule has 6 heteroatoms. The van der Waals surface area contributed by atoms with Crippen LogP contribution >= 0.6 is 11.8 Å². The van der Waals surface area contributed by atoms with Crippen LogP contribution in [0.25, 0.3) is 0 Å². The van der Waals surface area contributed by atoms with E-state index < -0.39 is 0 Å². The van der Waals surface area contributed by atoms with E-state index in [0.29, 0.717) is 5.75 Å². The summed E-state index contributed by atoms with van der Waals surface area (Å²) < 4.78 is 0. The largest absolute Gasteiger partial charge is 0.508 e. The van der Waals surface area contributed by atoms with Gasteiger partial charge in [-0.1, -0.05) is 0 Å². The van der Waals surface area contributed by atoms with E-state index in [1.807, 2.05) is 29.4 Å². The number of nitrogens with zero attached hydrogens (tertiary/aromatic N) is 2. The normalized spacial score (nSPS) is 18.4. The van der Waals surface area contributed by atoms with E-state index in [2.05, 4.69) is 10.2 Å². The highest BCUT2D eigenvalue weighted by atomic mass is 32.2. The molecule has 0 spiro atoms. The molecule has 1 aromatic heterocycles. The molecular formula is C16H19N3O2S. The topological polar surface area (TPSA) is 69.2 Å².